The van der Waals surface area contributed by atoms with E-state index in [9.17, 15) is 0 Å². The van der Waals surface area contributed by atoms with Gasteiger partial charge < -0.3 is 9.13 Å². The van der Waals surface area contributed by atoms with Crippen LogP contribution in [-0.2, 0) is 0 Å². The Kier molecular flexibility index (Phi) is 7.84. The molecule has 0 bridgehead atoms. The topological polar surface area (TPSA) is 40.6 Å². The number of hydrogen-bond donors (Lipinski definition) is 0. The van der Waals surface area contributed by atoms with Gasteiger partial charge in [0.05, 0.1) is 44.5 Å². The molecule has 0 spiro atoms. The van der Waals surface area contributed by atoms with Crippen LogP contribution in [0.2, 0.25) is 0 Å². The van der Waals surface area contributed by atoms with Gasteiger partial charge in [-0.15, -0.1) is 0 Å². The van der Waals surface area contributed by atoms with Crippen molar-refractivity contribution in [1.29, 1.82) is 0 Å². The number of hydrogen-bond acceptors (Lipinski definition) is 2. The Bertz CT molecular complexity index is 3880. The number of aromatic nitrogens is 5. The maximum absolute atomic E-state index is 5.58. The molecule has 0 radical (unpaired) electrons. The van der Waals surface area contributed by atoms with Crippen LogP contribution in [0.15, 0.2) is 224 Å². The molecule has 0 saturated heterocycles. The number of benzene rings is 9. The molecule has 0 amide bonds. The summed E-state index contributed by atoms with van der Waals surface area (Å²) >= 11 is 0. The highest BCUT2D eigenvalue weighted by molar-refractivity contribution is 6.18. The summed E-state index contributed by atoms with van der Waals surface area (Å²) in [4.78, 5) is 11.0. The van der Waals surface area contributed by atoms with Gasteiger partial charge in [0.1, 0.15) is 0 Å². The fourth-order valence-corrected chi connectivity index (χ4v) is 9.94. The summed E-state index contributed by atoms with van der Waals surface area (Å²) in [5.74, 6) is 0.630. The lowest BCUT2D eigenvalue weighted by Crippen LogP contribution is -2.03. The van der Waals surface area contributed by atoms with Crippen LogP contribution in [0.5, 0.6) is 0 Å². The molecular formula is C58H37N5. The molecule has 63 heavy (non-hydrogen) atoms. The van der Waals surface area contributed by atoms with E-state index >= 15 is 0 Å². The summed E-state index contributed by atoms with van der Waals surface area (Å²) in [5.41, 5.74) is 15.3. The molecule has 0 fully saturated rings. The molecule has 5 nitrogen and oxygen atoms in total. The Labute approximate surface area is 363 Å². The first-order chi connectivity index (χ1) is 31.3. The number of nitrogens with zero attached hydrogens (tertiary/aromatic N) is 5. The third-order valence-electron chi connectivity index (χ3n) is 12.6. The molecule has 5 heteroatoms. The highest BCUT2D eigenvalue weighted by Crippen LogP contribution is 2.46. The second kappa shape index (κ2) is 14.0. The van der Waals surface area contributed by atoms with Crippen LogP contribution in [0.3, 0.4) is 0 Å². The molecule has 9 aromatic carbocycles. The lowest BCUT2D eigenvalue weighted by molar-refractivity contribution is 1.01. The van der Waals surface area contributed by atoms with E-state index in [0.29, 0.717) is 5.95 Å². The van der Waals surface area contributed by atoms with E-state index in [1.807, 2.05) is 0 Å². The Hall–Kier alpha value is -8.54. The van der Waals surface area contributed by atoms with Crippen molar-refractivity contribution >= 4 is 65.4 Å². The first-order valence-electron chi connectivity index (χ1n) is 21.4. The molecule has 13 rings (SSSR count). The van der Waals surface area contributed by atoms with E-state index < -0.39 is 0 Å². The maximum Gasteiger partial charge on any atom is 0.235 e. The van der Waals surface area contributed by atoms with Crippen LogP contribution in [0.1, 0.15) is 0 Å². The predicted octanol–water partition coefficient (Wildman–Crippen LogP) is 14.8. The van der Waals surface area contributed by atoms with Crippen molar-refractivity contribution in [3.63, 3.8) is 0 Å². The lowest BCUT2D eigenvalue weighted by atomic mass is 9.97. The van der Waals surface area contributed by atoms with Crippen LogP contribution in [0.4, 0.5) is 0 Å². The average Bonchev–Trinajstić information content (AvgIpc) is 3.99. The number of fused-ring (bicyclic) bond motifs is 8. The summed E-state index contributed by atoms with van der Waals surface area (Å²) in [6, 6.07) is 80.2. The third kappa shape index (κ3) is 5.43. The van der Waals surface area contributed by atoms with Gasteiger partial charge in [-0.3, -0.25) is 4.57 Å². The van der Waals surface area contributed by atoms with Crippen molar-refractivity contribution in [2.75, 3.05) is 0 Å². The van der Waals surface area contributed by atoms with Gasteiger partial charge in [0.2, 0.25) is 5.95 Å². The molecule has 0 saturated carbocycles. The van der Waals surface area contributed by atoms with Crippen LogP contribution in [0, 0.1) is 0 Å². The standard InChI is InChI=1S/C58H37N5/c1-5-19-38(20-6-1)55-48-36-47-44-28-15-18-32-51(44)63(53(47)37-54(48)62(42-25-11-4-12-26-42)57(55)39-21-7-2-8-22-39)58-59-49-30-16-13-29-45(49)56(60-58)40-33-34-52-46(35-40)43-27-14-17-31-50(43)61(52)41-23-9-3-10-24-41/h1-37H. The smallest absolute Gasteiger partial charge is 0.235 e. The van der Waals surface area contributed by atoms with E-state index in [4.69, 9.17) is 9.97 Å². The monoisotopic (exact) mass is 803 g/mol. The van der Waals surface area contributed by atoms with Crippen LogP contribution >= 0.6 is 0 Å². The van der Waals surface area contributed by atoms with Gasteiger partial charge in [-0.2, -0.15) is 0 Å². The molecule has 4 aromatic heterocycles. The molecule has 294 valence electrons. The highest BCUT2D eigenvalue weighted by atomic mass is 15.2. The second-order valence-electron chi connectivity index (χ2n) is 16.2. The van der Waals surface area contributed by atoms with E-state index in [0.717, 1.165) is 77.6 Å². The van der Waals surface area contributed by atoms with Gasteiger partial charge in [0.15, 0.2) is 0 Å². The van der Waals surface area contributed by atoms with Crippen molar-refractivity contribution < 1.29 is 0 Å². The Balaban J connectivity index is 1.11. The molecule has 0 N–H and O–H groups in total. The summed E-state index contributed by atoms with van der Waals surface area (Å²) in [7, 11) is 0. The van der Waals surface area contributed by atoms with Gasteiger partial charge in [-0.1, -0.05) is 158 Å². The summed E-state index contributed by atoms with van der Waals surface area (Å²) < 4.78 is 7.06. The number of rotatable bonds is 6. The largest absolute Gasteiger partial charge is 0.309 e. The fraction of sp³-hybridized carbons (Fsp3) is 0. The Morgan fingerprint density at radius 3 is 1.48 bits per heavy atom. The van der Waals surface area contributed by atoms with Gasteiger partial charge in [-0.05, 0) is 77.9 Å². The summed E-state index contributed by atoms with van der Waals surface area (Å²) in [5, 5.41) is 6.87. The minimum Gasteiger partial charge on any atom is -0.309 e. The van der Waals surface area contributed by atoms with Gasteiger partial charge in [0, 0.05) is 54.8 Å². The van der Waals surface area contributed by atoms with Crippen LogP contribution < -0.4 is 0 Å². The predicted molar refractivity (Wildman–Crippen MR) is 261 cm³/mol. The molecule has 13 aromatic rings. The SMILES string of the molecule is c1ccc(-c2c(-c3ccccc3)n(-c3ccccc3)c3cc4c(cc23)c2ccccc2n4-c2nc(-c3ccc4c(c3)c3ccccc3n4-c3ccccc3)c3ccccc3n2)cc1. The molecular weight excluding hydrogens is 767 g/mol. The van der Waals surface area contributed by atoms with Crippen molar-refractivity contribution in [3.8, 4) is 51.0 Å². The zero-order valence-electron chi connectivity index (χ0n) is 34.1. The van der Waals surface area contributed by atoms with E-state index in [1.54, 1.807) is 0 Å². The van der Waals surface area contributed by atoms with Crippen molar-refractivity contribution in [1.82, 2.24) is 23.7 Å². The van der Waals surface area contributed by atoms with Crippen LogP contribution in [0.25, 0.3) is 116 Å². The summed E-state index contributed by atoms with van der Waals surface area (Å²) in [6.07, 6.45) is 0. The molecule has 0 aliphatic carbocycles. The van der Waals surface area contributed by atoms with E-state index in [1.165, 1.54) is 32.8 Å². The van der Waals surface area contributed by atoms with Gasteiger partial charge >= 0.3 is 0 Å². The average molecular weight is 804 g/mol. The van der Waals surface area contributed by atoms with Crippen molar-refractivity contribution in [3.05, 3.63) is 224 Å². The van der Waals surface area contributed by atoms with Gasteiger partial charge in [-0.25, -0.2) is 9.97 Å². The summed E-state index contributed by atoms with van der Waals surface area (Å²) in [6.45, 7) is 0. The van der Waals surface area contributed by atoms with Crippen molar-refractivity contribution in [2.45, 2.75) is 0 Å². The molecule has 0 aliphatic heterocycles. The molecule has 0 aliphatic rings. The molecule has 0 unspecified atom stereocenters. The quantitative estimate of drug-likeness (QED) is 0.168. The Morgan fingerprint density at radius 2 is 0.794 bits per heavy atom. The van der Waals surface area contributed by atoms with Crippen molar-refractivity contribution in [2.24, 2.45) is 0 Å². The first-order valence-corrected chi connectivity index (χ1v) is 21.4. The zero-order chi connectivity index (χ0) is 41.4. The minimum atomic E-state index is 0.630. The lowest BCUT2D eigenvalue weighted by Gasteiger charge is -2.14. The Morgan fingerprint density at radius 1 is 0.286 bits per heavy atom. The zero-order valence-corrected chi connectivity index (χ0v) is 34.1. The van der Waals surface area contributed by atoms with E-state index in [2.05, 4.69) is 238 Å². The molecule has 0 atom stereocenters. The van der Waals surface area contributed by atoms with E-state index in [-0.39, 0.29) is 0 Å². The highest BCUT2D eigenvalue weighted by Gasteiger charge is 2.25. The number of para-hydroxylation sites is 5. The third-order valence-corrected chi connectivity index (χ3v) is 12.6. The second-order valence-corrected chi connectivity index (χ2v) is 16.2. The molecule has 4 heterocycles. The fourth-order valence-electron chi connectivity index (χ4n) is 9.94. The normalized spacial score (nSPS) is 11.8. The first kappa shape index (κ1) is 35.2. The van der Waals surface area contributed by atoms with Gasteiger partial charge in [0.25, 0.3) is 0 Å². The maximum atomic E-state index is 5.58. The van der Waals surface area contributed by atoms with Crippen LogP contribution in [-0.4, -0.2) is 23.7 Å². The minimum absolute atomic E-state index is 0.630.